The summed E-state index contributed by atoms with van der Waals surface area (Å²) in [5, 5.41) is 0. The molecule has 0 aromatic rings. The molecule has 0 aliphatic heterocycles. The minimum Gasteiger partial charge on any atom is -0.469 e. The third-order valence-electron chi connectivity index (χ3n) is 4.26. The van der Waals surface area contributed by atoms with Gasteiger partial charge < -0.3 is 10.5 Å². The molecule has 0 amide bonds. The molecular weight excluding hydrogens is 154 g/mol. The van der Waals surface area contributed by atoms with Crippen LogP contribution in [0, 0.1) is 23.2 Å². The lowest BCUT2D eigenvalue weighted by Gasteiger charge is -2.06. The monoisotopic (exact) mass is 167 g/mol. The summed E-state index contributed by atoms with van der Waals surface area (Å²) in [6.45, 7) is 0. The molecule has 4 bridgehead atoms. The molecule has 4 aliphatic rings. The van der Waals surface area contributed by atoms with Gasteiger partial charge >= 0.3 is 5.97 Å². The Balaban J connectivity index is 1.96. The summed E-state index contributed by atoms with van der Waals surface area (Å²) in [6, 6.07) is 0.286. The van der Waals surface area contributed by atoms with Gasteiger partial charge in [-0.3, -0.25) is 4.79 Å². The van der Waals surface area contributed by atoms with Gasteiger partial charge in [0, 0.05) is 6.04 Å². The molecule has 0 aromatic carbocycles. The first-order valence-electron chi connectivity index (χ1n) is 4.56. The van der Waals surface area contributed by atoms with Crippen molar-refractivity contribution >= 4 is 5.97 Å². The maximum absolute atomic E-state index is 11.5. The first kappa shape index (κ1) is 6.89. The Morgan fingerprint density at radius 3 is 2.75 bits per heavy atom. The zero-order valence-corrected chi connectivity index (χ0v) is 7.12. The molecule has 5 atom stereocenters. The Hall–Kier alpha value is -0.570. The van der Waals surface area contributed by atoms with Crippen LogP contribution in [0.15, 0.2) is 0 Å². The molecule has 4 saturated carbocycles. The zero-order valence-electron chi connectivity index (χ0n) is 7.12. The number of rotatable bonds is 1. The molecular formula is C9H13NO2. The predicted molar refractivity (Wildman–Crippen MR) is 42.1 cm³/mol. The highest BCUT2D eigenvalue weighted by molar-refractivity contribution is 5.83. The molecule has 66 valence electrons. The molecule has 12 heavy (non-hydrogen) atoms. The van der Waals surface area contributed by atoms with E-state index in [1.54, 1.807) is 0 Å². The van der Waals surface area contributed by atoms with Crippen LogP contribution in [0.4, 0.5) is 0 Å². The Kier molecular flexibility index (Phi) is 0.971. The van der Waals surface area contributed by atoms with Gasteiger partial charge in [-0.15, -0.1) is 0 Å². The van der Waals surface area contributed by atoms with Crippen LogP contribution in [0.3, 0.4) is 0 Å². The number of ether oxygens (including phenoxy) is 1. The topological polar surface area (TPSA) is 52.3 Å². The minimum absolute atomic E-state index is 0.00653. The van der Waals surface area contributed by atoms with Crippen LogP contribution >= 0.6 is 0 Å². The first-order valence-corrected chi connectivity index (χ1v) is 4.56. The maximum atomic E-state index is 11.5. The summed E-state index contributed by atoms with van der Waals surface area (Å²) in [4.78, 5) is 11.5. The van der Waals surface area contributed by atoms with E-state index in [0.29, 0.717) is 17.8 Å². The van der Waals surface area contributed by atoms with Crippen LogP contribution in [0.25, 0.3) is 0 Å². The minimum atomic E-state index is -0.112. The molecule has 3 nitrogen and oxygen atoms in total. The fourth-order valence-electron chi connectivity index (χ4n) is 3.80. The molecule has 2 N–H and O–H groups in total. The van der Waals surface area contributed by atoms with E-state index >= 15 is 0 Å². The number of nitrogens with two attached hydrogens (primary N) is 1. The van der Waals surface area contributed by atoms with Crippen molar-refractivity contribution in [2.75, 3.05) is 7.11 Å². The van der Waals surface area contributed by atoms with Crippen molar-refractivity contribution in [1.82, 2.24) is 0 Å². The summed E-state index contributed by atoms with van der Waals surface area (Å²) >= 11 is 0. The van der Waals surface area contributed by atoms with Crippen molar-refractivity contribution in [2.45, 2.75) is 18.9 Å². The van der Waals surface area contributed by atoms with Crippen molar-refractivity contribution in [2.24, 2.45) is 28.9 Å². The van der Waals surface area contributed by atoms with E-state index in [9.17, 15) is 4.79 Å². The Morgan fingerprint density at radius 2 is 2.42 bits per heavy atom. The normalized spacial score (nSPS) is 58.8. The maximum Gasteiger partial charge on any atom is 0.312 e. The van der Waals surface area contributed by atoms with Gasteiger partial charge in [0.2, 0.25) is 0 Å². The highest BCUT2D eigenvalue weighted by atomic mass is 16.5. The molecule has 0 saturated heterocycles. The van der Waals surface area contributed by atoms with Crippen LogP contribution in [0.5, 0.6) is 0 Å². The molecule has 0 spiro atoms. The summed E-state index contributed by atoms with van der Waals surface area (Å²) in [5.74, 6) is 1.65. The van der Waals surface area contributed by atoms with Crippen molar-refractivity contribution < 1.29 is 9.53 Å². The number of carbonyl (C=O) groups is 1. The van der Waals surface area contributed by atoms with E-state index in [-0.39, 0.29) is 17.4 Å². The second kappa shape index (κ2) is 1.69. The van der Waals surface area contributed by atoms with Crippen molar-refractivity contribution in [1.29, 1.82) is 0 Å². The van der Waals surface area contributed by atoms with Gasteiger partial charge in [0.05, 0.1) is 12.5 Å². The van der Waals surface area contributed by atoms with Crippen molar-refractivity contribution in [3.05, 3.63) is 0 Å². The highest BCUT2D eigenvalue weighted by Gasteiger charge is 2.82. The number of carbonyl (C=O) groups excluding carboxylic acids is 1. The van der Waals surface area contributed by atoms with Gasteiger partial charge in [-0.05, 0) is 30.6 Å². The van der Waals surface area contributed by atoms with E-state index in [1.165, 1.54) is 13.5 Å². The van der Waals surface area contributed by atoms with Crippen LogP contribution in [0.2, 0.25) is 0 Å². The van der Waals surface area contributed by atoms with Gasteiger partial charge in [-0.1, -0.05) is 0 Å². The molecule has 4 rings (SSSR count). The van der Waals surface area contributed by atoms with Crippen LogP contribution in [-0.4, -0.2) is 19.1 Å². The van der Waals surface area contributed by atoms with Gasteiger partial charge in [-0.25, -0.2) is 0 Å². The lowest BCUT2D eigenvalue weighted by molar-refractivity contribution is -0.147. The number of methoxy groups -OCH3 is 1. The second-order valence-electron chi connectivity index (χ2n) is 4.44. The Morgan fingerprint density at radius 1 is 1.67 bits per heavy atom. The Labute approximate surface area is 71.3 Å². The van der Waals surface area contributed by atoms with Gasteiger partial charge in [0.15, 0.2) is 0 Å². The fraction of sp³-hybridized carbons (Fsp3) is 0.889. The first-order chi connectivity index (χ1) is 5.71. The third-order valence-corrected chi connectivity index (χ3v) is 4.26. The van der Waals surface area contributed by atoms with Crippen LogP contribution in [-0.2, 0) is 9.53 Å². The molecule has 0 aromatic heterocycles. The SMILES string of the molecule is COC(=O)C12CC3CC1C2C3N. The molecule has 3 heteroatoms. The molecule has 5 unspecified atom stereocenters. The molecule has 4 aliphatic carbocycles. The smallest absolute Gasteiger partial charge is 0.312 e. The summed E-state index contributed by atoms with van der Waals surface area (Å²) in [5.41, 5.74) is 5.86. The van der Waals surface area contributed by atoms with E-state index in [0.717, 1.165) is 6.42 Å². The quantitative estimate of drug-likeness (QED) is 0.565. The van der Waals surface area contributed by atoms with E-state index in [1.807, 2.05) is 0 Å². The molecule has 4 fully saturated rings. The van der Waals surface area contributed by atoms with Crippen LogP contribution in [0.1, 0.15) is 12.8 Å². The van der Waals surface area contributed by atoms with Crippen molar-refractivity contribution in [3.8, 4) is 0 Å². The summed E-state index contributed by atoms with van der Waals surface area (Å²) in [6.07, 6.45) is 2.16. The van der Waals surface area contributed by atoms with E-state index < -0.39 is 0 Å². The largest absolute Gasteiger partial charge is 0.469 e. The fourth-order valence-corrected chi connectivity index (χ4v) is 3.80. The highest BCUT2D eigenvalue weighted by Crippen LogP contribution is 2.78. The number of hydrogen-bond donors (Lipinski definition) is 1. The summed E-state index contributed by atoms with van der Waals surface area (Å²) < 4.78 is 4.83. The molecule has 0 heterocycles. The number of hydrogen-bond acceptors (Lipinski definition) is 3. The van der Waals surface area contributed by atoms with Crippen LogP contribution < -0.4 is 5.73 Å². The summed E-state index contributed by atoms with van der Waals surface area (Å²) in [7, 11) is 1.48. The lowest BCUT2D eigenvalue weighted by atomic mass is 10.1. The average molecular weight is 167 g/mol. The Bertz CT molecular complexity index is 265. The molecule has 0 radical (unpaired) electrons. The number of esters is 1. The lowest BCUT2D eigenvalue weighted by Crippen LogP contribution is -2.24. The second-order valence-corrected chi connectivity index (χ2v) is 4.44. The van der Waals surface area contributed by atoms with E-state index in [4.69, 9.17) is 10.5 Å². The standard InChI is InChI=1S/C9H13NO2/c1-12-8(11)9-3-4-2-5(9)6(9)7(4)10/h4-7H,2-3,10H2,1H3. The third kappa shape index (κ3) is 0.454. The predicted octanol–water partition coefficient (Wildman–Crippen LogP) is 0.143. The van der Waals surface area contributed by atoms with E-state index in [2.05, 4.69) is 0 Å². The van der Waals surface area contributed by atoms with Gasteiger partial charge in [0.25, 0.3) is 0 Å². The van der Waals surface area contributed by atoms with Gasteiger partial charge in [-0.2, -0.15) is 0 Å². The van der Waals surface area contributed by atoms with Gasteiger partial charge in [0.1, 0.15) is 0 Å². The zero-order chi connectivity index (χ0) is 8.51. The van der Waals surface area contributed by atoms with Crippen molar-refractivity contribution in [3.63, 3.8) is 0 Å². The average Bonchev–Trinajstić information content (AvgIpc) is 2.44.